The number of carbonyl (C=O) groups excluding carboxylic acids is 2. The van der Waals surface area contributed by atoms with Gasteiger partial charge in [-0.05, 0) is 49.6 Å². The number of piperidine rings is 1. The van der Waals surface area contributed by atoms with E-state index >= 15 is 0 Å². The summed E-state index contributed by atoms with van der Waals surface area (Å²) in [7, 11) is 0. The number of rotatable bonds is 6. The van der Waals surface area contributed by atoms with E-state index in [4.69, 9.17) is 16.3 Å². The van der Waals surface area contributed by atoms with Gasteiger partial charge >= 0.3 is 5.97 Å². The summed E-state index contributed by atoms with van der Waals surface area (Å²) in [5.74, 6) is -0.253. The van der Waals surface area contributed by atoms with E-state index in [-0.39, 0.29) is 30.8 Å². The third-order valence-electron chi connectivity index (χ3n) is 5.20. The van der Waals surface area contributed by atoms with Crippen LogP contribution in [0.25, 0.3) is 0 Å². The normalized spacial score (nSPS) is 15.8. The zero-order chi connectivity index (χ0) is 20.0. The van der Waals surface area contributed by atoms with Crippen LogP contribution in [0.5, 0.6) is 0 Å². The molecule has 2 aromatic carbocycles. The van der Waals surface area contributed by atoms with Gasteiger partial charge in [0.1, 0.15) is 0 Å². The summed E-state index contributed by atoms with van der Waals surface area (Å²) in [5.41, 5.74) is 1.07. The van der Waals surface area contributed by atoms with Gasteiger partial charge in [-0.2, -0.15) is 0 Å². The summed E-state index contributed by atoms with van der Waals surface area (Å²) >= 11 is 5.87. The van der Waals surface area contributed by atoms with Crippen molar-refractivity contribution >= 4 is 41.6 Å². The van der Waals surface area contributed by atoms with Gasteiger partial charge in [0, 0.05) is 23.8 Å². The highest BCUT2D eigenvalue weighted by Crippen LogP contribution is 2.36. The van der Waals surface area contributed by atoms with Gasteiger partial charge in [0.25, 0.3) is 0 Å². The van der Waals surface area contributed by atoms with E-state index in [1.807, 2.05) is 37.3 Å². The number of anilines is 1. The lowest BCUT2D eigenvalue weighted by molar-refractivity contribution is -0.152. The Morgan fingerprint density at radius 3 is 2.28 bits per heavy atom. The van der Waals surface area contributed by atoms with Crippen LogP contribution < -0.4 is 5.32 Å². The molecule has 0 atom stereocenters. The minimum absolute atomic E-state index is 0. The predicted molar refractivity (Wildman–Crippen MR) is 118 cm³/mol. The first-order valence-corrected chi connectivity index (χ1v) is 9.92. The topological polar surface area (TPSA) is 58.6 Å². The van der Waals surface area contributed by atoms with E-state index in [1.54, 1.807) is 24.3 Å². The summed E-state index contributed by atoms with van der Waals surface area (Å²) in [6, 6.07) is 16.8. The number of nitrogens with one attached hydrogen (secondary N) is 1. The van der Waals surface area contributed by atoms with Crippen molar-refractivity contribution in [3.63, 3.8) is 0 Å². The van der Waals surface area contributed by atoms with Gasteiger partial charge in [0.2, 0.25) is 5.91 Å². The van der Waals surface area contributed by atoms with E-state index in [0.717, 1.165) is 11.3 Å². The number of hydrogen-bond acceptors (Lipinski definition) is 4. The molecule has 1 aliphatic rings. The van der Waals surface area contributed by atoms with E-state index < -0.39 is 5.41 Å². The molecule has 1 amide bonds. The quantitative estimate of drug-likeness (QED) is 0.685. The van der Waals surface area contributed by atoms with E-state index in [9.17, 15) is 9.59 Å². The lowest BCUT2D eigenvalue weighted by atomic mass is 9.72. The van der Waals surface area contributed by atoms with Gasteiger partial charge in [-0.25, -0.2) is 0 Å². The molecule has 29 heavy (non-hydrogen) atoms. The molecule has 0 radical (unpaired) electrons. The molecule has 7 heteroatoms. The van der Waals surface area contributed by atoms with E-state index in [0.29, 0.717) is 37.6 Å². The second-order valence-corrected chi connectivity index (χ2v) is 7.44. The minimum atomic E-state index is -0.638. The molecule has 0 aliphatic carbocycles. The number of nitrogens with zero attached hydrogens (tertiary/aromatic N) is 1. The average molecular weight is 437 g/mol. The fourth-order valence-corrected chi connectivity index (χ4v) is 3.79. The Morgan fingerprint density at radius 1 is 1.07 bits per heavy atom. The maximum absolute atomic E-state index is 12.8. The Labute approximate surface area is 182 Å². The number of benzene rings is 2. The van der Waals surface area contributed by atoms with Gasteiger partial charge in [0.05, 0.1) is 18.6 Å². The summed E-state index contributed by atoms with van der Waals surface area (Å²) < 4.78 is 5.40. The first-order chi connectivity index (χ1) is 13.5. The molecule has 5 nitrogen and oxygen atoms in total. The van der Waals surface area contributed by atoms with Crippen LogP contribution in [0.1, 0.15) is 25.3 Å². The molecule has 1 saturated heterocycles. The molecule has 0 saturated carbocycles. The van der Waals surface area contributed by atoms with Crippen LogP contribution in [0.2, 0.25) is 5.02 Å². The van der Waals surface area contributed by atoms with Crippen molar-refractivity contribution in [2.24, 2.45) is 0 Å². The third kappa shape index (κ3) is 5.72. The lowest BCUT2D eigenvalue weighted by Crippen LogP contribution is -2.49. The lowest BCUT2D eigenvalue weighted by Gasteiger charge is -2.40. The van der Waals surface area contributed by atoms with Crippen LogP contribution in [0, 0.1) is 0 Å². The second kappa shape index (κ2) is 10.6. The number of halogens is 2. The van der Waals surface area contributed by atoms with E-state index in [1.165, 1.54) is 0 Å². The smallest absolute Gasteiger partial charge is 0.316 e. The number of esters is 1. The maximum atomic E-state index is 12.8. The summed E-state index contributed by atoms with van der Waals surface area (Å²) in [5, 5.41) is 3.51. The Morgan fingerprint density at radius 2 is 1.69 bits per heavy atom. The number of likely N-dealkylation sites (tertiary alicyclic amines) is 1. The number of ether oxygens (including phenoxy) is 1. The van der Waals surface area contributed by atoms with Crippen molar-refractivity contribution in [3.8, 4) is 0 Å². The number of hydrogen-bond donors (Lipinski definition) is 1. The zero-order valence-corrected chi connectivity index (χ0v) is 18.0. The minimum Gasteiger partial charge on any atom is -0.465 e. The highest BCUT2D eigenvalue weighted by Gasteiger charge is 2.44. The summed E-state index contributed by atoms with van der Waals surface area (Å²) in [4.78, 5) is 27.2. The van der Waals surface area contributed by atoms with Crippen molar-refractivity contribution in [3.05, 3.63) is 65.2 Å². The molecular weight excluding hydrogens is 411 g/mol. The molecule has 0 spiro atoms. The summed E-state index contributed by atoms with van der Waals surface area (Å²) in [6.45, 7) is 3.78. The van der Waals surface area contributed by atoms with Crippen LogP contribution >= 0.6 is 24.0 Å². The van der Waals surface area contributed by atoms with Crippen molar-refractivity contribution in [1.29, 1.82) is 0 Å². The van der Waals surface area contributed by atoms with Crippen molar-refractivity contribution in [2.45, 2.75) is 25.2 Å². The van der Waals surface area contributed by atoms with Crippen molar-refractivity contribution in [2.75, 3.05) is 31.6 Å². The molecule has 1 fully saturated rings. The van der Waals surface area contributed by atoms with Crippen LogP contribution in [-0.4, -0.2) is 43.0 Å². The molecule has 1 heterocycles. The maximum Gasteiger partial charge on any atom is 0.316 e. The van der Waals surface area contributed by atoms with Crippen LogP contribution in [0.4, 0.5) is 5.69 Å². The average Bonchev–Trinajstić information content (AvgIpc) is 2.71. The Kier molecular flexibility index (Phi) is 8.50. The molecule has 0 bridgehead atoms. The predicted octanol–water partition coefficient (Wildman–Crippen LogP) is 4.30. The fourth-order valence-electron chi connectivity index (χ4n) is 3.67. The Hall–Kier alpha value is -2.08. The fraction of sp³-hybridized carbons (Fsp3) is 0.364. The highest BCUT2D eigenvalue weighted by atomic mass is 35.5. The highest BCUT2D eigenvalue weighted by molar-refractivity contribution is 6.30. The monoisotopic (exact) mass is 436 g/mol. The number of amides is 1. The first kappa shape index (κ1) is 23.2. The van der Waals surface area contributed by atoms with Crippen LogP contribution in [0.15, 0.2) is 54.6 Å². The molecule has 0 aromatic heterocycles. The van der Waals surface area contributed by atoms with Gasteiger partial charge in [-0.3, -0.25) is 14.5 Å². The standard InChI is InChI=1S/C22H25ClN2O3.ClH/c1-2-28-21(27)22(17-6-4-3-5-7-17)12-14-25(15-13-22)16-20(26)24-19-10-8-18(23)9-11-19;/h3-11H,2,12-16H2,1H3,(H,24,26);1H. The summed E-state index contributed by atoms with van der Waals surface area (Å²) in [6.07, 6.45) is 1.26. The first-order valence-electron chi connectivity index (χ1n) is 9.54. The SMILES string of the molecule is CCOC(=O)C1(c2ccccc2)CCN(CC(=O)Nc2ccc(Cl)cc2)CC1.Cl. The number of carbonyl (C=O) groups is 2. The van der Waals surface area contributed by atoms with E-state index in [2.05, 4.69) is 10.2 Å². The molecule has 3 rings (SSSR count). The molecule has 1 aliphatic heterocycles. The molecule has 1 N–H and O–H groups in total. The molecule has 156 valence electrons. The Bertz CT molecular complexity index is 805. The van der Waals surface area contributed by atoms with Gasteiger partial charge in [0.15, 0.2) is 0 Å². The second-order valence-electron chi connectivity index (χ2n) is 7.00. The molecule has 0 unspecified atom stereocenters. The van der Waals surface area contributed by atoms with Crippen molar-refractivity contribution < 1.29 is 14.3 Å². The van der Waals surface area contributed by atoms with Gasteiger partial charge in [-0.1, -0.05) is 41.9 Å². The van der Waals surface area contributed by atoms with Gasteiger partial charge < -0.3 is 10.1 Å². The Balaban J connectivity index is 0.00000300. The van der Waals surface area contributed by atoms with Crippen LogP contribution in [0.3, 0.4) is 0 Å². The van der Waals surface area contributed by atoms with Crippen molar-refractivity contribution in [1.82, 2.24) is 4.90 Å². The largest absolute Gasteiger partial charge is 0.465 e. The van der Waals surface area contributed by atoms with Crippen LogP contribution in [-0.2, 0) is 19.7 Å². The molecule has 2 aromatic rings. The molecular formula is C22H26Cl2N2O3. The van der Waals surface area contributed by atoms with Gasteiger partial charge in [-0.15, -0.1) is 12.4 Å². The zero-order valence-electron chi connectivity index (χ0n) is 16.4. The third-order valence-corrected chi connectivity index (χ3v) is 5.45.